The summed E-state index contributed by atoms with van der Waals surface area (Å²) in [5.74, 6) is 0. The molecule has 0 unspecified atom stereocenters. The number of nitrogens with two attached hydrogens (primary N) is 1. The molecule has 0 aliphatic rings. The number of hydrogen-bond donors (Lipinski definition) is 4. The summed E-state index contributed by atoms with van der Waals surface area (Å²) in [4.78, 5) is 10.6. The van der Waals surface area contributed by atoms with Gasteiger partial charge < -0.3 is 16.2 Å². The van der Waals surface area contributed by atoms with Gasteiger partial charge in [-0.2, -0.15) is 0 Å². The average Bonchev–Trinajstić information content (AvgIpc) is 2.40. The van der Waals surface area contributed by atoms with Crippen LogP contribution in [0.25, 0.3) is 0 Å². The number of anilines is 3. The summed E-state index contributed by atoms with van der Waals surface area (Å²) in [5.41, 5.74) is 9.81. The van der Waals surface area contributed by atoms with Gasteiger partial charge in [0.1, 0.15) is 0 Å². The van der Waals surface area contributed by atoms with E-state index in [1.165, 1.54) is 11.1 Å². The Labute approximate surface area is 117 Å². The van der Waals surface area contributed by atoms with E-state index in [0.29, 0.717) is 17.9 Å². The smallest absolute Gasteiger partial charge is 0.409 e. The predicted molar refractivity (Wildman–Crippen MR) is 81.0 cm³/mol. The molecular weight excluding hydrogens is 254 g/mol. The largest absolute Gasteiger partial charge is 0.465 e. The molecule has 2 aromatic carbocycles. The number of rotatable bonds is 4. The van der Waals surface area contributed by atoms with Gasteiger partial charge in [-0.25, -0.2) is 4.79 Å². The third-order valence-electron chi connectivity index (χ3n) is 2.91. The highest BCUT2D eigenvalue weighted by molar-refractivity contribution is 5.88. The highest BCUT2D eigenvalue weighted by atomic mass is 16.4. The number of benzene rings is 2. The summed E-state index contributed by atoms with van der Waals surface area (Å²) >= 11 is 0. The molecule has 5 nitrogen and oxygen atoms in total. The van der Waals surface area contributed by atoms with Gasteiger partial charge in [-0.3, -0.25) is 5.32 Å². The lowest BCUT2D eigenvalue weighted by atomic mass is 10.1. The minimum atomic E-state index is -1.13. The van der Waals surface area contributed by atoms with Gasteiger partial charge in [0.2, 0.25) is 0 Å². The van der Waals surface area contributed by atoms with Gasteiger partial charge in [-0.15, -0.1) is 0 Å². The molecule has 104 valence electrons. The fourth-order valence-electron chi connectivity index (χ4n) is 1.81. The van der Waals surface area contributed by atoms with Crippen molar-refractivity contribution in [2.45, 2.75) is 13.5 Å². The number of carboxylic acid groups (broad SMARTS) is 1. The summed E-state index contributed by atoms with van der Waals surface area (Å²) in [5, 5.41) is 14.1. The molecule has 1 amide bonds. The monoisotopic (exact) mass is 271 g/mol. The highest BCUT2D eigenvalue weighted by Crippen LogP contribution is 2.23. The molecule has 0 heterocycles. The average molecular weight is 271 g/mol. The van der Waals surface area contributed by atoms with Gasteiger partial charge in [0.05, 0.1) is 11.4 Å². The maximum Gasteiger partial charge on any atom is 0.409 e. The quantitative estimate of drug-likeness (QED) is 0.643. The van der Waals surface area contributed by atoms with E-state index in [4.69, 9.17) is 10.8 Å². The number of aryl methyl sites for hydroxylation is 1. The van der Waals surface area contributed by atoms with Crippen molar-refractivity contribution in [3.8, 4) is 0 Å². The number of hydrogen-bond acceptors (Lipinski definition) is 3. The summed E-state index contributed by atoms with van der Waals surface area (Å²) in [6.45, 7) is 2.73. The first-order valence-electron chi connectivity index (χ1n) is 6.23. The molecule has 5 N–H and O–H groups in total. The maximum absolute atomic E-state index is 10.6. The van der Waals surface area contributed by atoms with Crippen LogP contribution in [0, 0.1) is 6.92 Å². The van der Waals surface area contributed by atoms with Gasteiger partial charge in [-0.1, -0.05) is 29.8 Å². The van der Waals surface area contributed by atoms with Gasteiger partial charge in [0.15, 0.2) is 0 Å². The molecule has 0 aromatic heterocycles. The summed E-state index contributed by atoms with van der Waals surface area (Å²) in [7, 11) is 0. The standard InChI is InChI=1S/C15H17N3O2/c1-10-2-4-11(5-3-10)9-17-12-6-7-14(13(16)8-12)18-15(19)20/h2-8,17-18H,9,16H2,1H3,(H,19,20). The normalized spacial score (nSPS) is 10.1. The lowest BCUT2D eigenvalue weighted by molar-refractivity contribution is 0.210. The minimum absolute atomic E-state index is 0.387. The van der Waals surface area contributed by atoms with Gasteiger partial charge in [0.25, 0.3) is 0 Å². The second-order valence-electron chi connectivity index (χ2n) is 4.57. The second kappa shape index (κ2) is 5.97. The van der Waals surface area contributed by atoms with Crippen LogP contribution in [-0.2, 0) is 6.54 Å². The van der Waals surface area contributed by atoms with E-state index in [1.807, 2.05) is 6.92 Å². The molecule has 0 aliphatic heterocycles. The molecule has 0 radical (unpaired) electrons. The lowest BCUT2D eigenvalue weighted by Gasteiger charge is -2.10. The van der Waals surface area contributed by atoms with Crippen molar-refractivity contribution in [2.24, 2.45) is 0 Å². The summed E-state index contributed by atoms with van der Waals surface area (Å²) in [6.07, 6.45) is -1.13. The van der Waals surface area contributed by atoms with Crippen molar-refractivity contribution in [1.82, 2.24) is 0 Å². The van der Waals surface area contributed by atoms with Crippen LogP contribution < -0.4 is 16.4 Å². The minimum Gasteiger partial charge on any atom is -0.465 e. The van der Waals surface area contributed by atoms with Crippen molar-refractivity contribution in [3.05, 3.63) is 53.6 Å². The molecule has 0 bridgehead atoms. The first kappa shape index (κ1) is 13.7. The van der Waals surface area contributed by atoms with Crippen LogP contribution in [0.2, 0.25) is 0 Å². The van der Waals surface area contributed by atoms with E-state index in [9.17, 15) is 4.79 Å². The Bertz CT molecular complexity index is 609. The van der Waals surface area contributed by atoms with Gasteiger partial charge in [0, 0.05) is 12.2 Å². The lowest BCUT2D eigenvalue weighted by Crippen LogP contribution is -2.09. The van der Waals surface area contributed by atoms with Crippen molar-refractivity contribution in [1.29, 1.82) is 0 Å². The molecule has 0 fully saturated rings. The molecular formula is C15H17N3O2. The number of amides is 1. The van der Waals surface area contributed by atoms with E-state index < -0.39 is 6.09 Å². The fourth-order valence-corrected chi connectivity index (χ4v) is 1.81. The Morgan fingerprint density at radius 1 is 1.20 bits per heavy atom. The number of nitrogens with one attached hydrogen (secondary N) is 2. The van der Waals surface area contributed by atoms with Crippen LogP contribution >= 0.6 is 0 Å². The Kier molecular flexibility index (Phi) is 4.10. The zero-order valence-corrected chi connectivity index (χ0v) is 11.2. The Morgan fingerprint density at radius 3 is 2.50 bits per heavy atom. The fraction of sp³-hybridized carbons (Fsp3) is 0.133. The van der Waals surface area contributed by atoms with Crippen LogP contribution in [0.15, 0.2) is 42.5 Å². The molecule has 0 saturated carbocycles. The third-order valence-corrected chi connectivity index (χ3v) is 2.91. The highest BCUT2D eigenvalue weighted by Gasteiger charge is 2.03. The van der Waals surface area contributed by atoms with E-state index in [2.05, 4.69) is 34.9 Å². The SMILES string of the molecule is Cc1ccc(CNc2ccc(NC(=O)O)c(N)c2)cc1. The summed E-state index contributed by atoms with van der Waals surface area (Å²) < 4.78 is 0. The molecule has 2 aromatic rings. The third kappa shape index (κ3) is 3.65. The zero-order chi connectivity index (χ0) is 14.5. The van der Waals surface area contributed by atoms with Crippen molar-refractivity contribution < 1.29 is 9.90 Å². The van der Waals surface area contributed by atoms with Crippen LogP contribution in [0.1, 0.15) is 11.1 Å². The van der Waals surface area contributed by atoms with Crippen LogP contribution in [0.4, 0.5) is 21.9 Å². The molecule has 0 aliphatic carbocycles. The molecule has 5 heteroatoms. The molecule has 2 rings (SSSR count). The van der Waals surface area contributed by atoms with E-state index in [1.54, 1.807) is 18.2 Å². The molecule has 0 atom stereocenters. The van der Waals surface area contributed by atoms with Gasteiger partial charge in [-0.05, 0) is 30.7 Å². The Hall–Kier alpha value is -2.69. The van der Waals surface area contributed by atoms with E-state index >= 15 is 0 Å². The first-order valence-corrected chi connectivity index (χ1v) is 6.23. The Balaban J connectivity index is 2.01. The van der Waals surface area contributed by atoms with Gasteiger partial charge >= 0.3 is 6.09 Å². The van der Waals surface area contributed by atoms with Crippen LogP contribution in [0.5, 0.6) is 0 Å². The molecule has 0 spiro atoms. The van der Waals surface area contributed by atoms with Crippen LogP contribution in [-0.4, -0.2) is 11.2 Å². The molecule has 0 saturated heterocycles. The van der Waals surface area contributed by atoms with E-state index in [0.717, 1.165) is 5.69 Å². The Morgan fingerprint density at radius 2 is 1.90 bits per heavy atom. The summed E-state index contributed by atoms with van der Waals surface area (Å²) in [6, 6.07) is 13.4. The predicted octanol–water partition coefficient (Wildman–Crippen LogP) is 3.28. The maximum atomic E-state index is 10.6. The van der Waals surface area contributed by atoms with Crippen molar-refractivity contribution in [3.63, 3.8) is 0 Å². The topological polar surface area (TPSA) is 87.4 Å². The van der Waals surface area contributed by atoms with Crippen LogP contribution in [0.3, 0.4) is 0 Å². The molecule has 20 heavy (non-hydrogen) atoms. The van der Waals surface area contributed by atoms with E-state index in [-0.39, 0.29) is 0 Å². The van der Waals surface area contributed by atoms with Crippen molar-refractivity contribution >= 4 is 23.2 Å². The van der Waals surface area contributed by atoms with Crippen molar-refractivity contribution in [2.75, 3.05) is 16.4 Å². The number of carbonyl (C=O) groups is 1. The zero-order valence-electron chi connectivity index (χ0n) is 11.2. The number of nitrogen functional groups attached to an aromatic ring is 1. The second-order valence-corrected chi connectivity index (χ2v) is 4.57. The first-order chi connectivity index (χ1) is 9.54.